The number of ether oxygens (including phenoxy) is 2. The van der Waals surface area contributed by atoms with Crippen LogP contribution in [0, 0.1) is 11.3 Å². The van der Waals surface area contributed by atoms with Gasteiger partial charge in [0.05, 0.1) is 22.7 Å². The van der Waals surface area contributed by atoms with E-state index in [-0.39, 0.29) is 6.61 Å². The maximum absolute atomic E-state index is 9.03. The van der Waals surface area contributed by atoms with E-state index in [9.17, 15) is 0 Å². The topological polar surface area (TPSA) is 42.2 Å². The molecule has 0 unspecified atom stereocenters. The minimum Gasteiger partial charge on any atom is -0.495 e. The molecule has 0 aliphatic rings. The highest BCUT2D eigenvalue weighted by Crippen LogP contribution is 2.33. The third-order valence-corrected chi connectivity index (χ3v) is 3.28. The molecule has 2 rings (SSSR count). The van der Waals surface area contributed by atoms with Crippen LogP contribution in [0.4, 0.5) is 0 Å². The van der Waals surface area contributed by atoms with Crippen molar-refractivity contribution in [2.24, 2.45) is 0 Å². The lowest BCUT2D eigenvalue weighted by atomic mass is 10.1. The molecule has 0 saturated heterocycles. The molecule has 20 heavy (non-hydrogen) atoms. The van der Waals surface area contributed by atoms with Crippen LogP contribution in [0.3, 0.4) is 0 Å². The number of halogens is 2. The number of hydrogen-bond donors (Lipinski definition) is 0. The Morgan fingerprint density at radius 1 is 1.15 bits per heavy atom. The predicted octanol–water partition coefficient (Wildman–Crippen LogP) is 4.45. The summed E-state index contributed by atoms with van der Waals surface area (Å²) in [5.74, 6) is 0.970. The van der Waals surface area contributed by atoms with E-state index in [0.29, 0.717) is 27.1 Å². The van der Waals surface area contributed by atoms with Gasteiger partial charge in [-0.1, -0.05) is 35.3 Å². The number of para-hydroxylation sites is 1. The van der Waals surface area contributed by atoms with Crippen LogP contribution in [0.25, 0.3) is 0 Å². The van der Waals surface area contributed by atoms with Gasteiger partial charge in [-0.2, -0.15) is 5.26 Å². The van der Waals surface area contributed by atoms with Crippen LogP contribution in [0.1, 0.15) is 11.1 Å². The van der Waals surface area contributed by atoms with Crippen LogP contribution in [0.2, 0.25) is 10.0 Å². The molecule has 0 heterocycles. The molecule has 0 bridgehead atoms. The predicted molar refractivity (Wildman–Crippen MR) is 78.5 cm³/mol. The van der Waals surface area contributed by atoms with Crippen molar-refractivity contribution < 1.29 is 9.47 Å². The fourth-order valence-corrected chi connectivity index (χ4v) is 2.21. The molecule has 0 N–H and O–H groups in total. The zero-order chi connectivity index (χ0) is 14.5. The van der Waals surface area contributed by atoms with Crippen LogP contribution >= 0.6 is 23.2 Å². The molecule has 0 saturated carbocycles. The molecule has 0 aromatic heterocycles. The van der Waals surface area contributed by atoms with E-state index in [2.05, 4.69) is 6.07 Å². The summed E-state index contributed by atoms with van der Waals surface area (Å²) in [5.41, 5.74) is 1.29. The first-order valence-corrected chi connectivity index (χ1v) is 6.55. The van der Waals surface area contributed by atoms with Gasteiger partial charge in [-0.15, -0.1) is 0 Å². The summed E-state index contributed by atoms with van der Waals surface area (Å²) < 4.78 is 10.7. The van der Waals surface area contributed by atoms with Gasteiger partial charge in [0.1, 0.15) is 18.4 Å². The lowest BCUT2D eigenvalue weighted by Gasteiger charge is -2.10. The number of benzene rings is 2. The van der Waals surface area contributed by atoms with Crippen molar-refractivity contribution in [2.75, 3.05) is 7.11 Å². The summed E-state index contributed by atoms with van der Waals surface area (Å²) in [5, 5.41) is 9.94. The second kappa shape index (κ2) is 6.51. The molecule has 0 radical (unpaired) electrons. The highest BCUT2D eigenvalue weighted by molar-refractivity contribution is 6.37. The van der Waals surface area contributed by atoms with Gasteiger partial charge in [0.2, 0.25) is 0 Å². The highest BCUT2D eigenvalue weighted by atomic mass is 35.5. The van der Waals surface area contributed by atoms with Crippen LogP contribution in [-0.4, -0.2) is 7.11 Å². The Morgan fingerprint density at radius 3 is 2.45 bits per heavy atom. The second-order valence-electron chi connectivity index (χ2n) is 3.99. The summed E-state index contributed by atoms with van der Waals surface area (Å²) in [6.07, 6.45) is 0. The number of nitrogens with zero attached hydrogens (tertiary/aromatic N) is 1. The maximum atomic E-state index is 9.03. The second-order valence-corrected chi connectivity index (χ2v) is 4.80. The average Bonchev–Trinajstić information content (AvgIpc) is 2.46. The Bertz CT molecular complexity index is 645. The first-order chi connectivity index (χ1) is 9.65. The van der Waals surface area contributed by atoms with E-state index in [4.69, 9.17) is 37.9 Å². The number of hydrogen-bond acceptors (Lipinski definition) is 3. The zero-order valence-corrected chi connectivity index (χ0v) is 12.2. The van der Waals surface area contributed by atoms with Crippen LogP contribution < -0.4 is 9.47 Å². The van der Waals surface area contributed by atoms with Crippen molar-refractivity contribution >= 4 is 23.2 Å². The van der Waals surface area contributed by atoms with Gasteiger partial charge >= 0.3 is 0 Å². The largest absolute Gasteiger partial charge is 0.495 e. The van der Waals surface area contributed by atoms with Gasteiger partial charge in [0.25, 0.3) is 0 Å². The minimum atomic E-state index is 0.266. The van der Waals surface area contributed by atoms with Gasteiger partial charge in [0.15, 0.2) is 5.75 Å². The van der Waals surface area contributed by atoms with E-state index in [1.54, 1.807) is 30.3 Å². The van der Waals surface area contributed by atoms with Crippen LogP contribution in [-0.2, 0) is 6.61 Å². The molecule has 0 aliphatic carbocycles. The zero-order valence-electron chi connectivity index (χ0n) is 10.7. The van der Waals surface area contributed by atoms with Crippen molar-refractivity contribution in [3.63, 3.8) is 0 Å². The normalized spacial score (nSPS) is 9.90. The monoisotopic (exact) mass is 307 g/mol. The summed E-state index contributed by atoms with van der Waals surface area (Å²) in [6, 6.07) is 12.5. The average molecular weight is 308 g/mol. The molecule has 2 aromatic rings. The van der Waals surface area contributed by atoms with Gasteiger partial charge in [0, 0.05) is 0 Å². The first-order valence-electron chi connectivity index (χ1n) is 5.79. The fourth-order valence-electron chi connectivity index (χ4n) is 1.71. The van der Waals surface area contributed by atoms with E-state index in [0.717, 1.165) is 5.56 Å². The molecule has 0 atom stereocenters. The Labute approximate surface area is 127 Å². The van der Waals surface area contributed by atoms with Crippen LogP contribution in [0.5, 0.6) is 11.5 Å². The summed E-state index contributed by atoms with van der Waals surface area (Å²) in [7, 11) is 1.52. The highest BCUT2D eigenvalue weighted by Gasteiger charge is 2.08. The van der Waals surface area contributed by atoms with E-state index in [1.807, 2.05) is 6.07 Å². The van der Waals surface area contributed by atoms with Crippen molar-refractivity contribution in [3.8, 4) is 17.6 Å². The smallest absolute Gasteiger partial charge is 0.156 e. The summed E-state index contributed by atoms with van der Waals surface area (Å²) in [6.45, 7) is 0.266. The van der Waals surface area contributed by atoms with Gasteiger partial charge in [-0.3, -0.25) is 0 Å². The third-order valence-electron chi connectivity index (χ3n) is 2.69. The van der Waals surface area contributed by atoms with E-state index < -0.39 is 0 Å². The molecule has 2 aromatic carbocycles. The van der Waals surface area contributed by atoms with Crippen molar-refractivity contribution in [3.05, 3.63) is 57.6 Å². The van der Waals surface area contributed by atoms with E-state index >= 15 is 0 Å². The molecule has 5 heteroatoms. The Hall–Kier alpha value is -1.89. The Kier molecular flexibility index (Phi) is 4.73. The van der Waals surface area contributed by atoms with Gasteiger partial charge in [-0.25, -0.2) is 0 Å². The molecule has 0 amide bonds. The SMILES string of the molecule is COc1ccc(COc2c(Cl)cccc2Cl)cc1C#N. The van der Waals surface area contributed by atoms with Gasteiger partial charge in [-0.05, 0) is 29.8 Å². The molecule has 3 nitrogen and oxygen atoms in total. The van der Waals surface area contributed by atoms with Gasteiger partial charge < -0.3 is 9.47 Å². The number of rotatable bonds is 4. The Balaban J connectivity index is 2.18. The molecule has 0 fully saturated rings. The molecule has 0 spiro atoms. The molecule has 0 aliphatic heterocycles. The van der Waals surface area contributed by atoms with Crippen molar-refractivity contribution in [2.45, 2.75) is 6.61 Å². The minimum absolute atomic E-state index is 0.266. The maximum Gasteiger partial charge on any atom is 0.156 e. The summed E-state index contributed by atoms with van der Waals surface area (Å²) in [4.78, 5) is 0. The number of nitriles is 1. The standard InChI is InChI=1S/C15H11Cl2NO2/c1-19-14-6-5-10(7-11(14)8-18)9-20-15-12(16)3-2-4-13(15)17/h2-7H,9H2,1H3. The number of methoxy groups -OCH3 is 1. The summed E-state index contributed by atoms with van der Waals surface area (Å²) >= 11 is 12.0. The lowest BCUT2D eigenvalue weighted by Crippen LogP contribution is -1.98. The van der Waals surface area contributed by atoms with Crippen molar-refractivity contribution in [1.29, 1.82) is 5.26 Å². The quantitative estimate of drug-likeness (QED) is 0.838. The molecular weight excluding hydrogens is 297 g/mol. The fraction of sp³-hybridized carbons (Fsp3) is 0.133. The molecular formula is C15H11Cl2NO2. The first kappa shape index (κ1) is 14.5. The lowest BCUT2D eigenvalue weighted by molar-refractivity contribution is 0.306. The molecule has 102 valence electrons. The van der Waals surface area contributed by atoms with E-state index in [1.165, 1.54) is 7.11 Å². The third kappa shape index (κ3) is 3.16. The van der Waals surface area contributed by atoms with Crippen molar-refractivity contribution in [1.82, 2.24) is 0 Å². The van der Waals surface area contributed by atoms with Crippen LogP contribution in [0.15, 0.2) is 36.4 Å². The Morgan fingerprint density at radius 2 is 1.85 bits per heavy atom.